The van der Waals surface area contributed by atoms with E-state index >= 15 is 0 Å². The Morgan fingerprint density at radius 2 is 2.16 bits per heavy atom. The standard InChI is InChI=1S/C16H16Cl2N2O4S/c1-3-24-15(22)7-14-20(13(21)8-25-14)9(2)16(23)19-12-6-10(17)4-5-11(12)18/h4-7,9H,3,8H2,1-2H3,(H,19,23)/b14-7-/t9-/m1/s1. The van der Waals surface area contributed by atoms with Gasteiger partial charge in [0, 0.05) is 5.02 Å². The van der Waals surface area contributed by atoms with Crippen LogP contribution in [0.25, 0.3) is 0 Å². The molecule has 0 unspecified atom stereocenters. The highest BCUT2D eigenvalue weighted by Crippen LogP contribution is 2.32. The van der Waals surface area contributed by atoms with E-state index in [1.807, 2.05) is 0 Å². The Kier molecular flexibility index (Phi) is 6.75. The summed E-state index contributed by atoms with van der Waals surface area (Å²) in [5.74, 6) is -1.12. The molecule has 1 aromatic carbocycles. The van der Waals surface area contributed by atoms with E-state index in [1.165, 1.54) is 28.8 Å². The summed E-state index contributed by atoms with van der Waals surface area (Å²) >= 11 is 13.1. The lowest BCUT2D eigenvalue weighted by atomic mass is 10.2. The molecule has 0 radical (unpaired) electrons. The number of anilines is 1. The summed E-state index contributed by atoms with van der Waals surface area (Å²) in [5.41, 5.74) is 0.348. The summed E-state index contributed by atoms with van der Waals surface area (Å²) in [6, 6.07) is 3.85. The number of carbonyl (C=O) groups excluding carboxylic acids is 3. The molecule has 1 atom stereocenters. The number of halogens is 2. The molecule has 6 nitrogen and oxygen atoms in total. The average Bonchev–Trinajstić information content (AvgIpc) is 2.90. The summed E-state index contributed by atoms with van der Waals surface area (Å²) in [7, 11) is 0. The quantitative estimate of drug-likeness (QED) is 0.603. The van der Waals surface area contributed by atoms with Crippen LogP contribution in [-0.4, -0.2) is 41.1 Å². The molecule has 1 N–H and O–H groups in total. The third kappa shape index (κ3) is 4.90. The van der Waals surface area contributed by atoms with Crippen LogP contribution in [0.3, 0.4) is 0 Å². The summed E-state index contributed by atoms with van der Waals surface area (Å²) in [5, 5.41) is 3.77. The number of hydrogen-bond donors (Lipinski definition) is 1. The highest BCUT2D eigenvalue weighted by molar-refractivity contribution is 8.04. The second kappa shape index (κ2) is 8.60. The summed E-state index contributed by atoms with van der Waals surface area (Å²) in [4.78, 5) is 37.5. The Hall–Kier alpha value is -1.70. The fraction of sp³-hybridized carbons (Fsp3) is 0.312. The largest absolute Gasteiger partial charge is 0.463 e. The Bertz CT molecular complexity index is 739. The maximum atomic E-state index is 12.5. The first-order valence-electron chi connectivity index (χ1n) is 7.42. The van der Waals surface area contributed by atoms with Crippen molar-refractivity contribution in [1.82, 2.24) is 4.90 Å². The van der Waals surface area contributed by atoms with Crippen molar-refractivity contribution in [2.45, 2.75) is 19.9 Å². The molecule has 1 aromatic rings. The fourth-order valence-corrected chi connectivity index (χ4v) is 3.47. The summed E-state index contributed by atoms with van der Waals surface area (Å²) in [6.45, 7) is 3.48. The minimum absolute atomic E-state index is 0.154. The van der Waals surface area contributed by atoms with Gasteiger partial charge >= 0.3 is 5.97 Å². The van der Waals surface area contributed by atoms with E-state index in [2.05, 4.69) is 5.32 Å². The first kappa shape index (κ1) is 19.6. The molecule has 0 bridgehead atoms. The van der Waals surface area contributed by atoms with E-state index in [0.717, 1.165) is 0 Å². The van der Waals surface area contributed by atoms with Gasteiger partial charge in [-0.05, 0) is 32.0 Å². The third-order valence-corrected chi connectivity index (χ3v) is 4.90. The lowest BCUT2D eigenvalue weighted by molar-refractivity contribution is -0.137. The van der Waals surface area contributed by atoms with Crippen molar-refractivity contribution in [3.8, 4) is 0 Å². The van der Waals surface area contributed by atoms with Crippen LogP contribution < -0.4 is 5.32 Å². The van der Waals surface area contributed by atoms with Crippen molar-refractivity contribution >= 4 is 58.4 Å². The molecule has 25 heavy (non-hydrogen) atoms. The molecule has 134 valence electrons. The van der Waals surface area contributed by atoms with Gasteiger partial charge in [-0.25, -0.2) is 4.79 Å². The van der Waals surface area contributed by atoms with E-state index < -0.39 is 17.9 Å². The second-order valence-corrected chi connectivity index (χ2v) is 6.92. The number of carbonyl (C=O) groups is 3. The zero-order chi connectivity index (χ0) is 18.6. The van der Waals surface area contributed by atoms with Crippen LogP contribution in [-0.2, 0) is 19.1 Å². The normalized spacial score (nSPS) is 16.9. The Balaban J connectivity index is 2.17. The molecule has 1 heterocycles. The number of amides is 2. The molecule has 0 spiro atoms. The van der Waals surface area contributed by atoms with Crippen molar-refractivity contribution in [1.29, 1.82) is 0 Å². The number of ether oxygens (including phenoxy) is 1. The Morgan fingerprint density at radius 1 is 1.44 bits per heavy atom. The summed E-state index contributed by atoms with van der Waals surface area (Å²) < 4.78 is 4.85. The first-order chi connectivity index (χ1) is 11.8. The highest BCUT2D eigenvalue weighted by atomic mass is 35.5. The molecule has 1 aliphatic heterocycles. The van der Waals surface area contributed by atoms with E-state index in [9.17, 15) is 14.4 Å². The van der Waals surface area contributed by atoms with Gasteiger partial charge in [0.15, 0.2) is 0 Å². The number of thioether (sulfide) groups is 1. The van der Waals surface area contributed by atoms with E-state index in [-0.39, 0.29) is 18.3 Å². The second-order valence-electron chi connectivity index (χ2n) is 5.08. The van der Waals surface area contributed by atoms with Gasteiger partial charge in [0.05, 0.1) is 34.2 Å². The van der Waals surface area contributed by atoms with Crippen molar-refractivity contribution in [2.75, 3.05) is 17.7 Å². The molecule has 0 aliphatic carbocycles. The third-order valence-electron chi connectivity index (χ3n) is 3.33. The Labute approximate surface area is 159 Å². The topological polar surface area (TPSA) is 75.7 Å². The average molecular weight is 403 g/mol. The zero-order valence-electron chi connectivity index (χ0n) is 13.5. The fourth-order valence-electron chi connectivity index (χ4n) is 2.15. The van der Waals surface area contributed by atoms with Crippen LogP contribution in [0.2, 0.25) is 10.0 Å². The van der Waals surface area contributed by atoms with Crippen molar-refractivity contribution in [2.24, 2.45) is 0 Å². The van der Waals surface area contributed by atoms with Gasteiger partial charge in [-0.15, -0.1) is 0 Å². The summed E-state index contributed by atoms with van der Waals surface area (Å²) in [6.07, 6.45) is 1.22. The molecule has 0 saturated carbocycles. The molecular formula is C16H16Cl2N2O4S. The van der Waals surface area contributed by atoms with Gasteiger partial charge in [0.1, 0.15) is 6.04 Å². The van der Waals surface area contributed by atoms with Crippen LogP contribution in [0.4, 0.5) is 5.69 Å². The van der Waals surface area contributed by atoms with E-state index in [4.69, 9.17) is 27.9 Å². The SMILES string of the molecule is CCOC(=O)/C=C1\SCC(=O)N1[C@H](C)C(=O)Nc1cc(Cl)ccc1Cl. The van der Waals surface area contributed by atoms with Gasteiger partial charge in [0.2, 0.25) is 11.8 Å². The minimum Gasteiger partial charge on any atom is -0.463 e. The van der Waals surface area contributed by atoms with Gasteiger partial charge in [-0.2, -0.15) is 0 Å². The minimum atomic E-state index is -0.835. The zero-order valence-corrected chi connectivity index (χ0v) is 15.9. The molecule has 2 amide bonds. The molecular weight excluding hydrogens is 387 g/mol. The van der Waals surface area contributed by atoms with E-state index in [1.54, 1.807) is 26.0 Å². The van der Waals surface area contributed by atoms with Crippen molar-refractivity contribution in [3.05, 3.63) is 39.3 Å². The number of nitrogens with zero attached hydrogens (tertiary/aromatic N) is 1. The number of rotatable bonds is 5. The number of hydrogen-bond acceptors (Lipinski definition) is 5. The van der Waals surface area contributed by atoms with Gasteiger partial charge in [-0.3, -0.25) is 14.5 Å². The number of nitrogens with one attached hydrogen (secondary N) is 1. The predicted octanol–water partition coefficient (Wildman–Crippen LogP) is 3.30. The Morgan fingerprint density at radius 3 is 2.84 bits per heavy atom. The lowest BCUT2D eigenvalue weighted by Gasteiger charge is -2.24. The molecule has 1 fully saturated rings. The van der Waals surface area contributed by atoms with Gasteiger partial charge < -0.3 is 10.1 Å². The maximum absolute atomic E-state index is 12.5. The predicted molar refractivity (Wildman–Crippen MR) is 98.6 cm³/mol. The smallest absolute Gasteiger partial charge is 0.333 e. The van der Waals surface area contributed by atoms with Crippen LogP contribution in [0.5, 0.6) is 0 Å². The highest BCUT2D eigenvalue weighted by Gasteiger charge is 2.35. The van der Waals surface area contributed by atoms with Gasteiger partial charge in [-0.1, -0.05) is 35.0 Å². The lowest BCUT2D eigenvalue weighted by Crippen LogP contribution is -2.42. The molecule has 2 rings (SSSR count). The first-order valence-corrected chi connectivity index (χ1v) is 9.16. The maximum Gasteiger partial charge on any atom is 0.333 e. The van der Waals surface area contributed by atoms with Crippen LogP contribution in [0, 0.1) is 0 Å². The van der Waals surface area contributed by atoms with Crippen molar-refractivity contribution in [3.63, 3.8) is 0 Å². The molecule has 0 aromatic heterocycles. The van der Waals surface area contributed by atoms with Crippen LogP contribution in [0.1, 0.15) is 13.8 Å². The monoisotopic (exact) mass is 402 g/mol. The van der Waals surface area contributed by atoms with E-state index in [0.29, 0.717) is 20.8 Å². The number of esters is 1. The number of benzene rings is 1. The van der Waals surface area contributed by atoms with Gasteiger partial charge in [0.25, 0.3) is 0 Å². The van der Waals surface area contributed by atoms with Crippen LogP contribution in [0.15, 0.2) is 29.3 Å². The molecule has 1 saturated heterocycles. The molecule has 9 heteroatoms. The van der Waals surface area contributed by atoms with Crippen LogP contribution >= 0.6 is 35.0 Å². The van der Waals surface area contributed by atoms with Crippen molar-refractivity contribution < 1.29 is 19.1 Å². The molecule has 1 aliphatic rings.